The Bertz CT molecular complexity index is 1420. The van der Waals surface area contributed by atoms with Crippen LogP contribution in [0.2, 0.25) is 5.02 Å². The van der Waals surface area contributed by atoms with Crippen LogP contribution in [-0.4, -0.2) is 35.6 Å². The Hall–Kier alpha value is -3.34. The molecule has 1 heterocycles. The first-order valence-corrected chi connectivity index (χ1v) is 12.8. The summed E-state index contributed by atoms with van der Waals surface area (Å²) in [4.78, 5) is 38.8. The standard InChI is InChI=1S/C26H19BrClFN2O5S/c1-35-21-11-15(10-17(27)24(21)36-14-16-6-2-4-8-19(16)29)12-22-25(33)31(26(34)37-22)13-23(32)30-20-9-5-3-7-18(20)28/h2-12H,13-14H2,1H3,(H,30,32)/b22-12+. The van der Waals surface area contributed by atoms with Gasteiger partial charge in [-0.3, -0.25) is 19.3 Å². The first-order valence-electron chi connectivity index (χ1n) is 10.8. The second-order valence-corrected chi connectivity index (χ2v) is 9.96. The van der Waals surface area contributed by atoms with Crippen LogP contribution in [0.5, 0.6) is 11.5 Å². The van der Waals surface area contributed by atoms with Gasteiger partial charge >= 0.3 is 0 Å². The van der Waals surface area contributed by atoms with E-state index in [9.17, 15) is 18.8 Å². The number of methoxy groups -OCH3 is 1. The first-order chi connectivity index (χ1) is 17.8. The lowest BCUT2D eigenvalue weighted by Crippen LogP contribution is -2.36. The van der Waals surface area contributed by atoms with Crippen LogP contribution in [0.4, 0.5) is 14.9 Å². The number of anilines is 1. The van der Waals surface area contributed by atoms with Crippen LogP contribution in [0, 0.1) is 5.82 Å². The highest BCUT2D eigenvalue weighted by molar-refractivity contribution is 9.10. The number of nitrogens with zero attached hydrogens (tertiary/aromatic N) is 1. The molecule has 1 aliphatic rings. The molecule has 0 spiro atoms. The molecule has 3 aromatic rings. The van der Waals surface area contributed by atoms with E-state index in [4.69, 9.17) is 21.1 Å². The highest BCUT2D eigenvalue weighted by Gasteiger charge is 2.36. The number of carbonyl (C=O) groups excluding carboxylic acids is 3. The summed E-state index contributed by atoms with van der Waals surface area (Å²) in [5.74, 6) is -0.843. The van der Waals surface area contributed by atoms with Gasteiger partial charge in [0.15, 0.2) is 11.5 Å². The highest BCUT2D eigenvalue weighted by Crippen LogP contribution is 2.39. The third-order valence-electron chi connectivity index (χ3n) is 5.20. The Morgan fingerprint density at radius 3 is 2.62 bits per heavy atom. The number of thioether (sulfide) groups is 1. The van der Waals surface area contributed by atoms with Crippen molar-refractivity contribution >= 4 is 68.1 Å². The zero-order valence-electron chi connectivity index (χ0n) is 19.3. The number of halogens is 3. The molecule has 0 unspecified atom stereocenters. The van der Waals surface area contributed by atoms with E-state index < -0.39 is 23.6 Å². The molecule has 7 nitrogen and oxygen atoms in total. The Kier molecular flexibility index (Phi) is 8.52. The average Bonchev–Trinajstić information content (AvgIpc) is 3.12. The molecule has 0 bridgehead atoms. The van der Waals surface area contributed by atoms with Crippen LogP contribution in [0.15, 0.2) is 70.0 Å². The number of hydrogen-bond acceptors (Lipinski definition) is 6. The third-order valence-corrected chi connectivity index (χ3v) is 7.03. The van der Waals surface area contributed by atoms with E-state index in [-0.39, 0.29) is 17.3 Å². The number of rotatable bonds is 8. The Balaban J connectivity index is 1.48. The number of nitrogens with one attached hydrogen (secondary N) is 1. The van der Waals surface area contributed by atoms with Crippen molar-refractivity contribution in [1.82, 2.24) is 4.90 Å². The average molecular weight is 606 g/mol. The fourth-order valence-corrected chi connectivity index (χ4v) is 5.01. The fraction of sp³-hybridized carbons (Fsp3) is 0.115. The van der Waals surface area contributed by atoms with E-state index in [1.807, 2.05) is 0 Å². The molecule has 0 aromatic heterocycles. The molecular weight excluding hydrogens is 587 g/mol. The van der Waals surface area contributed by atoms with Crippen molar-refractivity contribution in [2.75, 3.05) is 19.0 Å². The molecule has 4 rings (SSSR count). The number of ether oxygens (including phenoxy) is 2. The van der Waals surface area contributed by atoms with Gasteiger partial charge in [0.2, 0.25) is 5.91 Å². The highest BCUT2D eigenvalue weighted by atomic mass is 79.9. The normalized spacial score (nSPS) is 14.3. The predicted octanol–water partition coefficient (Wildman–Crippen LogP) is 6.50. The maximum Gasteiger partial charge on any atom is 0.294 e. The van der Waals surface area contributed by atoms with Gasteiger partial charge < -0.3 is 14.8 Å². The van der Waals surface area contributed by atoms with Gasteiger partial charge in [0, 0.05) is 5.56 Å². The van der Waals surface area contributed by atoms with Gasteiger partial charge in [-0.15, -0.1) is 0 Å². The summed E-state index contributed by atoms with van der Waals surface area (Å²) in [6, 6.07) is 16.2. The summed E-state index contributed by atoms with van der Waals surface area (Å²) in [6.07, 6.45) is 1.52. The van der Waals surface area contributed by atoms with E-state index in [1.165, 1.54) is 19.3 Å². The van der Waals surface area contributed by atoms with Crippen LogP contribution in [0.3, 0.4) is 0 Å². The summed E-state index contributed by atoms with van der Waals surface area (Å²) in [5, 5.41) is 2.36. The topological polar surface area (TPSA) is 84.9 Å². The van der Waals surface area contributed by atoms with E-state index >= 15 is 0 Å². The van der Waals surface area contributed by atoms with E-state index in [0.29, 0.717) is 37.8 Å². The van der Waals surface area contributed by atoms with E-state index in [2.05, 4.69) is 21.2 Å². The molecule has 3 aromatic carbocycles. The van der Waals surface area contributed by atoms with Crippen LogP contribution in [0.25, 0.3) is 6.08 Å². The van der Waals surface area contributed by atoms with Crippen molar-refractivity contribution in [3.05, 3.63) is 92.0 Å². The number of imide groups is 1. The van der Waals surface area contributed by atoms with Gasteiger partial charge in [-0.1, -0.05) is 41.9 Å². The minimum absolute atomic E-state index is 0.0177. The summed E-state index contributed by atoms with van der Waals surface area (Å²) in [6.45, 7) is -0.473. The van der Waals surface area contributed by atoms with Gasteiger partial charge in [-0.25, -0.2) is 4.39 Å². The molecule has 0 atom stereocenters. The quantitative estimate of drug-likeness (QED) is 0.295. The second-order valence-electron chi connectivity index (χ2n) is 7.71. The summed E-state index contributed by atoms with van der Waals surface area (Å²) >= 11 is 10.2. The molecule has 11 heteroatoms. The monoisotopic (exact) mass is 604 g/mol. The molecule has 1 N–H and O–H groups in total. The lowest BCUT2D eigenvalue weighted by molar-refractivity contribution is -0.127. The van der Waals surface area contributed by atoms with Gasteiger partial charge in [-0.05, 0) is 69.7 Å². The number of benzene rings is 3. The fourth-order valence-electron chi connectivity index (χ4n) is 3.41. The maximum atomic E-state index is 13.9. The Morgan fingerprint density at radius 1 is 1.16 bits per heavy atom. The summed E-state index contributed by atoms with van der Waals surface area (Å²) < 4.78 is 25.7. The SMILES string of the molecule is COc1cc(/C=C2/SC(=O)N(CC(=O)Nc3ccccc3Cl)C2=O)cc(Br)c1OCc1ccccc1F. The minimum atomic E-state index is -0.598. The van der Waals surface area contributed by atoms with Crippen molar-refractivity contribution in [2.45, 2.75) is 6.61 Å². The Labute approximate surface area is 229 Å². The largest absolute Gasteiger partial charge is 0.493 e. The smallest absolute Gasteiger partial charge is 0.294 e. The molecule has 37 heavy (non-hydrogen) atoms. The molecule has 0 radical (unpaired) electrons. The van der Waals surface area contributed by atoms with Crippen LogP contribution in [-0.2, 0) is 16.2 Å². The van der Waals surface area contributed by atoms with Crippen LogP contribution < -0.4 is 14.8 Å². The Morgan fingerprint density at radius 2 is 1.89 bits per heavy atom. The van der Waals surface area contributed by atoms with Crippen molar-refractivity contribution < 1.29 is 28.2 Å². The lowest BCUT2D eigenvalue weighted by Gasteiger charge is -2.14. The number of hydrogen-bond donors (Lipinski definition) is 1. The molecule has 1 saturated heterocycles. The van der Waals surface area contributed by atoms with Gasteiger partial charge in [0.1, 0.15) is 19.0 Å². The van der Waals surface area contributed by atoms with Crippen molar-refractivity contribution in [1.29, 1.82) is 0 Å². The molecule has 1 aliphatic heterocycles. The van der Waals surface area contributed by atoms with Gasteiger partial charge in [-0.2, -0.15) is 0 Å². The predicted molar refractivity (Wildman–Crippen MR) is 144 cm³/mol. The first kappa shape index (κ1) is 26.7. The molecule has 1 fully saturated rings. The summed E-state index contributed by atoms with van der Waals surface area (Å²) in [5.41, 5.74) is 1.31. The molecule has 190 valence electrons. The van der Waals surface area contributed by atoms with E-state index in [0.717, 1.165) is 16.7 Å². The molecular formula is C26H19BrClFN2O5S. The zero-order valence-corrected chi connectivity index (χ0v) is 22.5. The van der Waals surface area contributed by atoms with E-state index in [1.54, 1.807) is 54.6 Å². The number of carbonyl (C=O) groups is 3. The van der Waals surface area contributed by atoms with Gasteiger partial charge in [0.05, 0.1) is 27.2 Å². The second kappa shape index (κ2) is 11.8. The van der Waals surface area contributed by atoms with Crippen molar-refractivity contribution in [2.24, 2.45) is 0 Å². The van der Waals surface area contributed by atoms with Crippen LogP contribution in [0.1, 0.15) is 11.1 Å². The summed E-state index contributed by atoms with van der Waals surface area (Å²) in [7, 11) is 1.45. The zero-order chi connectivity index (χ0) is 26.5. The lowest BCUT2D eigenvalue weighted by atomic mass is 10.1. The van der Waals surface area contributed by atoms with Gasteiger partial charge in [0.25, 0.3) is 11.1 Å². The maximum absolute atomic E-state index is 13.9. The van der Waals surface area contributed by atoms with Crippen LogP contribution >= 0.6 is 39.3 Å². The molecule has 0 saturated carbocycles. The van der Waals surface area contributed by atoms with Crippen molar-refractivity contribution in [3.63, 3.8) is 0 Å². The third kappa shape index (κ3) is 6.33. The van der Waals surface area contributed by atoms with Crippen molar-refractivity contribution in [3.8, 4) is 11.5 Å². The number of para-hydroxylation sites is 1. The number of amides is 3. The molecule has 0 aliphatic carbocycles. The minimum Gasteiger partial charge on any atom is -0.493 e. The molecule has 3 amide bonds.